The second-order valence-corrected chi connectivity index (χ2v) is 9.74. The Morgan fingerprint density at radius 1 is 0.818 bits per heavy atom. The summed E-state index contributed by atoms with van der Waals surface area (Å²) in [6.07, 6.45) is 8.88. The average Bonchev–Trinajstić information content (AvgIpc) is 2.86. The van der Waals surface area contributed by atoms with Crippen LogP contribution in [0.2, 0.25) is 0 Å². The largest absolute Gasteiger partial charge is 0.489 e. The second-order valence-electron chi connectivity index (χ2n) is 9.74. The lowest BCUT2D eigenvalue weighted by Crippen LogP contribution is -2.20. The lowest BCUT2D eigenvalue weighted by atomic mass is 9.89. The molecule has 0 saturated heterocycles. The van der Waals surface area contributed by atoms with E-state index in [1.54, 1.807) is 0 Å². The molecule has 0 spiro atoms. The molecule has 1 aliphatic carbocycles. The van der Waals surface area contributed by atoms with Gasteiger partial charge in [-0.25, -0.2) is 0 Å². The minimum Gasteiger partial charge on any atom is -0.489 e. The van der Waals surface area contributed by atoms with E-state index in [2.05, 4.69) is 99.8 Å². The van der Waals surface area contributed by atoms with Gasteiger partial charge < -0.3 is 4.74 Å². The fourth-order valence-electron chi connectivity index (χ4n) is 4.50. The Morgan fingerprint density at radius 2 is 1.45 bits per heavy atom. The summed E-state index contributed by atoms with van der Waals surface area (Å²) < 4.78 is 6.63. The molecular formula is C31H37NO. The van der Waals surface area contributed by atoms with Crippen LogP contribution in [-0.4, -0.2) is 18.9 Å². The van der Waals surface area contributed by atoms with Gasteiger partial charge in [-0.15, -0.1) is 0 Å². The molecule has 3 aromatic rings. The second kappa shape index (κ2) is 11.3. The molecule has 1 aliphatic rings. The Labute approximate surface area is 199 Å². The Kier molecular flexibility index (Phi) is 7.99. The summed E-state index contributed by atoms with van der Waals surface area (Å²) in [5.74, 6) is 2.09. The van der Waals surface area contributed by atoms with Gasteiger partial charge in [0.1, 0.15) is 5.75 Å². The standard InChI is InChI=1S/C31H37NO/c1-23(2)24(3)33-31-29(22-32-21-25-13-7-4-8-14-25)19-28(26-15-9-5-10-16-26)20-30(31)27-17-11-6-12-18-27/h5-6,9-12,15-20,22-25H,4,7-8,13-14,21H2,1-3H3. The SMILES string of the molecule is CC(C)C(C)Oc1c(C=NCC2CCCCC2)cc(-c2ccccc2)cc1-c1ccccc1. The van der Waals surface area contributed by atoms with E-state index in [1.165, 1.54) is 48.8 Å². The van der Waals surface area contributed by atoms with Gasteiger partial charge in [0.15, 0.2) is 0 Å². The lowest BCUT2D eigenvalue weighted by Gasteiger charge is -2.23. The summed E-state index contributed by atoms with van der Waals surface area (Å²) in [5.41, 5.74) is 5.77. The number of rotatable bonds is 8. The molecule has 2 nitrogen and oxygen atoms in total. The minimum absolute atomic E-state index is 0.112. The molecule has 0 radical (unpaired) electrons. The Balaban J connectivity index is 1.79. The van der Waals surface area contributed by atoms with Gasteiger partial charge in [0.25, 0.3) is 0 Å². The molecule has 0 aliphatic heterocycles. The molecule has 0 heterocycles. The summed E-state index contributed by atoms with van der Waals surface area (Å²) in [6, 6.07) is 25.7. The topological polar surface area (TPSA) is 21.6 Å². The maximum absolute atomic E-state index is 6.63. The number of hydrogen-bond donors (Lipinski definition) is 0. The molecule has 0 aromatic heterocycles. The van der Waals surface area contributed by atoms with Gasteiger partial charge in [-0.05, 0) is 60.4 Å². The van der Waals surface area contributed by atoms with Crippen molar-refractivity contribution in [2.75, 3.05) is 6.54 Å². The maximum Gasteiger partial charge on any atom is 0.136 e. The molecule has 2 heteroatoms. The fourth-order valence-corrected chi connectivity index (χ4v) is 4.50. The van der Waals surface area contributed by atoms with Crippen molar-refractivity contribution in [1.82, 2.24) is 0 Å². The van der Waals surface area contributed by atoms with Crippen LogP contribution in [0, 0.1) is 11.8 Å². The number of ether oxygens (including phenoxy) is 1. The lowest BCUT2D eigenvalue weighted by molar-refractivity contribution is 0.171. The molecule has 172 valence electrons. The van der Waals surface area contributed by atoms with Gasteiger partial charge in [0.2, 0.25) is 0 Å². The van der Waals surface area contributed by atoms with Crippen LogP contribution in [0.3, 0.4) is 0 Å². The Hall–Kier alpha value is -2.87. The highest BCUT2D eigenvalue weighted by molar-refractivity contribution is 5.92. The Morgan fingerprint density at radius 3 is 2.09 bits per heavy atom. The van der Waals surface area contributed by atoms with Crippen molar-refractivity contribution in [2.24, 2.45) is 16.8 Å². The van der Waals surface area contributed by atoms with E-state index in [-0.39, 0.29) is 6.10 Å². The number of hydrogen-bond acceptors (Lipinski definition) is 2. The highest BCUT2D eigenvalue weighted by atomic mass is 16.5. The third-order valence-corrected chi connectivity index (χ3v) is 6.87. The molecule has 0 N–H and O–H groups in total. The molecule has 4 rings (SSSR count). The first-order chi connectivity index (χ1) is 16.1. The summed E-state index contributed by atoms with van der Waals surface area (Å²) in [4.78, 5) is 4.94. The van der Waals surface area contributed by atoms with Gasteiger partial charge in [-0.3, -0.25) is 4.99 Å². The summed E-state index contributed by atoms with van der Waals surface area (Å²) in [5, 5.41) is 0. The molecule has 0 amide bonds. The highest BCUT2D eigenvalue weighted by Gasteiger charge is 2.19. The number of aliphatic imine (C=N–C) groups is 1. The minimum atomic E-state index is 0.112. The van der Waals surface area contributed by atoms with Crippen molar-refractivity contribution < 1.29 is 4.74 Å². The first-order valence-electron chi connectivity index (χ1n) is 12.6. The van der Waals surface area contributed by atoms with Crippen molar-refractivity contribution in [1.29, 1.82) is 0 Å². The summed E-state index contributed by atoms with van der Waals surface area (Å²) >= 11 is 0. The first kappa shape index (κ1) is 23.3. The van der Waals surface area contributed by atoms with Crippen LogP contribution in [0.25, 0.3) is 22.3 Å². The third-order valence-electron chi connectivity index (χ3n) is 6.87. The molecule has 1 fully saturated rings. The van der Waals surface area contributed by atoms with Gasteiger partial charge in [0.05, 0.1) is 6.10 Å². The van der Waals surface area contributed by atoms with Crippen LogP contribution in [-0.2, 0) is 0 Å². The average molecular weight is 440 g/mol. The number of nitrogens with zero attached hydrogens (tertiary/aromatic N) is 1. The molecule has 3 aromatic carbocycles. The molecule has 1 atom stereocenters. The maximum atomic E-state index is 6.63. The van der Waals surface area contributed by atoms with E-state index < -0.39 is 0 Å². The van der Waals surface area contributed by atoms with Crippen LogP contribution < -0.4 is 4.74 Å². The molecular weight excluding hydrogens is 402 g/mol. The van der Waals surface area contributed by atoms with Crippen molar-refractivity contribution in [3.05, 3.63) is 78.4 Å². The van der Waals surface area contributed by atoms with E-state index in [0.29, 0.717) is 5.92 Å². The van der Waals surface area contributed by atoms with Crippen LogP contribution in [0.15, 0.2) is 77.8 Å². The van der Waals surface area contributed by atoms with Gasteiger partial charge in [-0.1, -0.05) is 93.8 Å². The number of benzene rings is 3. The van der Waals surface area contributed by atoms with E-state index in [4.69, 9.17) is 9.73 Å². The smallest absolute Gasteiger partial charge is 0.136 e. The van der Waals surface area contributed by atoms with E-state index in [1.807, 2.05) is 0 Å². The van der Waals surface area contributed by atoms with Crippen LogP contribution in [0.1, 0.15) is 58.4 Å². The zero-order valence-corrected chi connectivity index (χ0v) is 20.3. The van der Waals surface area contributed by atoms with E-state index >= 15 is 0 Å². The van der Waals surface area contributed by atoms with Gasteiger partial charge in [0, 0.05) is 23.9 Å². The van der Waals surface area contributed by atoms with Crippen molar-refractivity contribution >= 4 is 6.21 Å². The monoisotopic (exact) mass is 439 g/mol. The van der Waals surface area contributed by atoms with Crippen molar-refractivity contribution in [3.8, 4) is 28.0 Å². The highest BCUT2D eigenvalue weighted by Crippen LogP contribution is 2.38. The normalized spacial score (nSPS) is 15.8. The third kappa shape index (κ3) is 6.13. The predicted octanol–water partition coefficient (Wildman–Crippen LogP) is 8.44. The summed E-state index contributed by atoms with van der Waals surface area (Å²) in [6.45, 7) is 7.49. The summed E-state index contributed by atoms with van der Waals surface area (Å²) in [7, 11) is 0. The van der Waals surface area contributed by atoms with E-state index in [9.17, 15) is 0 Å². The molecule has 1 unspecified atom stereocenters. The quantitative estimate of drug-likeness (QED) is 0.323. The van der Waals surface area contributed by atoms with Crippen LogP contribution >= 0.6 is 0 Å². The van der Waals surface area contributed by atoms with Crippen LogP contribution in [0.5, 0.6) is 5.75 Å². The van der Waals surface area contributed by atoms with Crippen LogP contribution in [0.4, 0.5) is 0 Å². The molecule has 33 heavy (non-hydrogen) atoms. The van der Waals surface area contributed by atoms with Crippen molar-refractivity contribution in [2.45, 2.75) is 59.0 Å². The fraction of sp³-hybridized carbons (Fsp3) is 0.387. The Bertz CT molecular complexity index is 1030. The molecule has 0 bridgehead atoms. The predicted molar refractivity (Wildman–Crippen MR) is 141 cm³/mol. The van der Waals surface area contributed by atoms with Crippen molar-refractivity contribution in [3.63, 3.8) is 0 Å². The first-order valence-corrected chi connectivity index (χ1v) is 12.6. The zero-order chi connectivity index (χ0) is 23.0. The van der Waals surface area contributed by atoms with Gasteiger partial charge >= 0.3 is 0 Å². The van der Waals surface area contributed by atoms with Gasteiger partial charge in [-0.2, -0.15) is 0 Å². The molecule has 1 saturated carbocycles. The zero-order valence-electron chi connectivity index (χ0n) is 20.3. The van der Waals surface area contributed by atoms with E-state index in [0.717, 1.165) is 29.3 Å².